The van der Waals surface area contributed by atoms with Gasteiger partial charge in [-0.2, -0.15) is 0 Å². The quantitative estimate of drug-likeness (QED) is 0.612. The van der Waals surface area contributed by atoms with Crippen LogP contribution in [0.2, 0.25) is 0 Å². The zero-order valence-electron chi connectivity index (χ0n) is 10.1. The van der Waals surface area contributed by atoms with Crippen LogP contribution in [0.5, 0.6) is 0 Å². The Labute approximate surface area is 109 Å². The van der Waals surface area contributed by atoms with E-state index in [2.05, 4.69) is 15.3 Å². The zero-order chi connectivity index (χ0) is 13.2. The number of fused-ring (bicyclic) bond motifs is 1. The molecule has 0 bridgehead atoms. The number of carbonyl (C=O) groups excluding carboxylic acids is 1. The molecule has 1 aromatic heterocycles. The van der Waals surface area contributed by atoms with Gasteiger partial charge in [0, 0.05) is 16.9 Å². The first-order valence-electron chi connectivity index (χ1n) is 5.82. The molecular weight excluding hydrogens is 240 g/mol. The van der Waals surface area contributed by atoms with E-state index < -0.39 is 0 Å². The Kier molecular flexibility index (Phi) is 2.64. The molecule has 3 aromatic rings. The third-order valence-corrected chi connectivity index (χ3v) is 2.83. The number of nitrogens with zero attached hydrogens (tertiary/aromatic N) is 1. The van der Waals surface area contributed by atoms with Crippen LogP contribution in [0, 0.1) is 0 Å². The van der Waals surface area contributed by atoms with Gasteiger partial charge in [-0.05, 0) is 36.4 Å². The summed E-state index contributed by atoms with van der Waals surface area (Å²) >= 11 is 0. The second-order valence-electron chi connectivity index (χ2n) is 4.21. The summed E-state index contributed by atoms with van der Waals surface area (Å²) < 4.78 is 0. The topological polar surface area (TPSA) is 83.8 Å². The van der Waals surface area contributed by atoms with E-state index in [1.54, 1.807) is 30.6 Å². The summed E-state index contributed by atoms with van der Waals surface area (Å²) in [5.74, 6) is -0.189. The predicted octanol–water partition coefficient (Wildman–Crippen LogP) is 2.40. The van der Waals surface area contributed by atoms with Gasteiger partial charge < -0.3 is 16.0 Å². The molecule has 0 aliphatic rings. The van der Waals surface area contributed by atoms with Crippen LogP contribution in [0.25, 0.3) is 11.0 Å². The lowest BCUT2D eigenvalue weighted by Gasteiger charge is -2.05. The molecule has 0 fully saturated rings. The summed E-state index contributed by atoms with van der Waals surface area (Å²) in [6.45, 7) is 0. The summed E-state index contributed by atoms with van der Waals surface area (Å²) in [5.41, 5.74) is 9.21. The lowest BCUT2D eigenvalue weighted by atomic mass is 10.2. The van der Waals surface area contributed by atoms with E-state index in [0.717, 1.165) is 11.0 Å². The Hall–Kier alpha value is -2.82. The van der Waals surface area contributed by atoms with Crippen molar-refractivity contribution in [2.75, 3.05) is 11.1 Å². The monoisotopic (exact) mass is 252 g/mol. The lowest BCUT2D eigenvalue weighted by Crippen LogP contribution is -2.12. The van der Waals surface area contributed by atoms with E-state index in [0.29, 0.717) is 16.9 Å². The average molecular weight is 252 g/mol. The maximum absolute atomic E-state index is 12.0. The number of hydrogen-bond acceptors (Lipinski definition) is 3. The second kappa shape index (κ2) is 4.45. The normalized spacial score (nSPS) is 10.5. The number of nitrogens with two attached hydrogens (primary N) is 1. The number of rotatable bonds is 2. The van der Waals surface area contributed by atoms with Crippen LogP contribution < -0.4 is 11.1 Å². The first kappa shape index (κ1) is 11.3. The Bertz CT molecular complexity index is 748. The van der Waals surface area contributed by atoms with Gasteiger partial charge in [0.1, 0.15) is 0 Å². The summed E-state index contributed by atoms with van der Waals surface area (Å²) in [5, 5.41) is 2.83. The molecule has 4 N–H and O–H groups in total. The smallest absolute Gasteiger partial charge is 0.255 e. The Balaban J connectivity index is 1.86. The maximum atomic E-state index is 12.0. The molecule has 0 spiro atoms. The molecule has 0 aliphatic carbocycles. The van der Waals surface area contributed by atoms with Crippen LogP contribution >= 0.6 is 0 Å². The molecule has 1 heterocycles. The highest BCUT2D eigenvalue weighted by atomic mass is 16.1. The highest BCUT2D eigenvalue weighted by Crippen LogP contribution is 2.17. The number of amides is 1. The molecule has 1 amide bonds. The molecule has 5 heteroatoms. The molecule has 0 saturated carbocycles. The molecule has 0 aliphatic heterocycles. The number of carbonyl (C=O) groups is 1. The van der Waals surface area contributed by atoms with Gasteiger partial charge in [0.15, 0.2) is 0 Å². The van der Waals surface area contributed by atoms with Gasteiger partial charge in [-0.3, -0.25) is 4.79 Å². The van der Waals surface area contributed by atoms with Crippen LogP contribution in [-0.2, 0) is 0 Å². The Morgan fingerprint density at radius 3 is 2.95 bits per heavy atom. The summed E-state index contributed by atoms with van der Waals surface area (Å²) in [4.78, 5) is 19.2. The van der Waals surface area contributed by atoms with Gasteiger partial charge in [0.2, 0.25) is 0 Å². The van der Waals surface area contributed by atoms with Gasteiger partial charge in [-0.25, -0.2) is 4.98 Å². The van der Waals surface area contributed by atoms with Crippen molar-refractivity contribution < 1.29 is 4.79 Å². The van der Waals surface area contributed by atoms with Crippen LogP contribution in [0.4, 0.5) is 11.4 Å². The third-order valence-electron chi connectivity index (χ3n) is 2.83. The van der Waals surface area contributed by atoms with Crippen LogP contribution in [0.3, 0.4) is 0 Å². The van der Waals surface area contributed by atoms with Crippen molar-refractivity contribution in [3.8, 4) is 0 Å². The van der Waals surface area contributed by atoms with Gasteiger partial charge in [0.25, 0.3) is 5.91 Å². The molecule has 0 saturated heterocycles. The Morgan fingerprint density at radius 2 is 2.11 bits per heavy atom. The van der Waals surface area contributed by atoms with E-state index in [1.807, 2.05) is 18.2 Å². The molecule has 0 unspecified atom stereocenters. The molecule has 3 rings (SSSR count). The second-order valence-corrected chi connectivity index (χ2v) is 4.21. The van der Waals surface area contributed by atoms with Gasteiger partial charge >= 0.3 is 0 Å². The largest absolute Gasteiger partial charge is 0.399 e. The highest BCUT2D eigenvalue weighted by molar-refractivity contribution is 6.05. The predicted molar refractivity (Wildman–Crippen MR) is 74.9 cm³/mol. The number of imidazole rings is 1. The van der Waals surface area contributed by atoms with Crippen LogP contribution in [-0.4, -0.2) is 15.9 Å². The van der Waals surface area contributed by atoms with E-state index in [-0.39, 0.29) is 5.91 Å². The highest BCUT2D eigenvalue weighted by Gasteiger charge is 2.07. The van der Waals surface area contributed by atoms with Crippen molar-refractivity contribution in [2.24, 2.45) is 0 Å². The molecule has 0 radical (unpaired) electrons. The lowest BCUT2D eigenvalue weighted by molar-refractivity contribution is 0.102. The van der Waals surface area contributed by atoms with E-state index >= 15 is 0 Å². The third kappa shape index (κ3) is 2.26. The van der Waals surface area contributed by atoms with Crippen molar-refractivity contribution in [1.82, 2.24) is 9.97 Å². The number of hydrogen-bond donors (Lipinski definition) is 3. The number of benzene rings is 2. The fourth-order valence-electron chi connectivity index (χ4n) is 1.90. The summed E-state index contributed by atoms with van der Waals surface area (Å²) in [7, 11) is 0. The minimum atomic E-state index is -0.189. The number of nitrogens with one attached hydrogen (secondary N) is 2. The first-order chi connectivity index (χ1) is 9.22. The molecule has 94 valence electrons. The van der Waals surface area contributed by atoms with Crippen molar-refractivity contribution >= 4 is 28.3 Å². The number of H-pyrrole nitrogens is 1. The molecule has 19 heavy (non-hydrogen) atoms. The molecule has 2 aromatic carbocycles. The fourth-order valence-corrected chi connectivity index (χ4v) is 1.90. The molecule has 5 nitrogen and oxygen atoms in total. The minimum absolute atomic E-state index is 0.189. The number of anilines is 2. The number of nitrogen functional groups attached to an aromatic ring is 1. The summed E-state index contributed by atoms with van der Waals surface area (Å²) in [6.07, 6.45) is 1.62. The summed E-state index contributed by atoms with van der Waals surface area (Å²) in [6, 6.07) is 12.4. The van der Waals surface area contributed by atoms with E-state index in [1.165, 1.54) is 0 Å². The van der Waals surface area contributed by atoms with Crippen molar-refractivity contribution in [2.45, 2.75) is 0 Å². The SMILES string of the molecule is Nc1cccc(C(=O)Nc2ccc3nc[nH]c3c2)c1. The minimum Gasteiger partial charge on any atom is -0.399 e. The number of aromatic nitrogens is 2. The maximum Gasteiger partial charge on any atom is 0.255 e. The first-order valence-corrected chi connectivity index (χ1v) is 5.82. The molecule has 0 atom stereocenters. The van der Waals surface area contributed by atoms with Gasteiger partial charge in [-0.1, -0.05) is 6.07 Å². The van der Waals surface area contributed by atoms with Crippen molar-refractivity contribution in [3.05, 3.63) is 54.4 Å². The molecular formula is C14H12N4O. The van der Waals surface area contributed by atoms with Gasteiger partial charge in [-0.15, -0.1) is 0 Å². The average Bonchev–Trinajstić information content (AvgIpc) is 2.86. The van der Waals surface area contributed by atoms with E-state index in [9.17, 15) is 4.79 Å². The van der Waals surface area contributed by atoms with Gasteiger partial charge in [0.05, 0.1) is 17.4 Å². The van der Waals surface area contributed by atoms with Crippen LogP contribution in [0.15, 0.2) is 48.8 Å². The fraction of sp³-hybridized carbons (Fsp3) is 0. The van der Waals surface area contributed by atoms with Crippen molar-refractivity contribution in [1.29, 1.82) is 0 Å². The van der Waals surface area contributed by atoms with E-state index in [4.69, 9.17) is 5.73 Å². The Morgan fingerprint density at radius 1 is 1.21 bits per heavy atom. The van der Waals surface area contributed by atoms with Crippen molar-refractivity contribution in [3.63, 3.8) is 0 Å². The van der Waals surface area contributed by atoms with Crippen LogP contribution in [0.1, 0.15) is 10.4 Å². The standard InChI is InChI=1S/C14H12N4O/c15-10-3-1-2-9(6-10)14(19)18-11-4-5-12-13(7-11)17-8-16-12/h1-8H,15H2,(H,16,17)(H,18,19). The zero-order valence-corrected chi connectivity index (χ0v) is 10.1. The number of aromatic amines is 1.